The number of halogens is 3. The van der Waals surface area contributed by atoms with E-state index in [1.807, 2.05) is 0 Å². The van der Waals surface area contributed by atoms with E-state index in [1.54, 1.807) is 0 Å². The summed E-state index contributed by atoms with van der Waals surface area (Å²) < 4.78 is 0. The molecular formula is C10H10Cl3N3O2. The van der Waals surface area contributed by atoms with Gasteiger partial charge in [-0.25, -0.2) is 0 Å². The first-order chi connectivity index (χ1) is 8.43. The quantitative estimate of drug-likeness (QED) is 0.791. The second kappa shape index (κ2) is 6.80. The Morgan fingerprint density at radius 2 is 1.67 bits per heavy atom. The Morgan fingerprint density at radius 1 is 1.11 bits per heavy atom. The average Bonchev–Trinajstić information content (AvgIpc) is 2.30. The molecule has 0 saturated carbocycles. The van der Waals surface area contributed by atoms with Crippen molar-refractivity contribution >= 4 is 52.3 Å². The fraction of sp³-hybridized carbons (Fsp3) is 0.200. The fourth-order valence-electron chi connectivity index (χ4n) is 1.10. The zero-order chi connectivity index (χ0) is 13.7. The number of anilines is 1. The van der Waals surface area contributed by atoms with Gasteiger partial charge in [0.15, 0.2) is 0 Å². The zero-order valence-electron chi connectivity index (χ0n) is 9.10. The van der Waals surface area contributed by atoms with Crippen LogP contribution in [0.3, 0.4) is 0 Å². The van der Waals surface area contributed by atoms with Crippen molar-refractivity contribution in [3.05, 3.63) is 27.2 Å². The van der Waals surface area contributed by atoms with Gasteiger partial charge in [-0.1, -0.05) is 34.8 Å². The van der Waals surface area contributed by atoms with Crippen LogP contribution in [0.25, 0.3) is 0 Å². The molecule has 5 nitrogen and oxygen atoms in total. The number of hydrogen-bond acceptors (Lipinski definition) is 3. The summed E-state index contributed by atoms with van der Waals surface area (Å²) in [6.45, 7) is -0.402. The third-order valence-electron chi connectivity index (χ3n) is 1.90. The van der Waals surface area contributed by atoms with Gasteiger partial charge in [-0.2, -0.15) is 0 Å². The average molecular weight is 311 g/mol. The maximum absolute atomic E-state index is 11.5. The summed E-state index contributed by atoms with van der Waals surface area (Å²) >= 11 is 17.5. The van der Waals surface area contributed by atoms with E-state index in [-0.39, 0.29) is 28.8 Å². The molecule has 4 N–H and O–H groups in total. The Labute approximate surface area is 119 Å². The molecule has 0 aliphatic carbocycles. The predicted molar refractivity (Wildman–Crippen MR) is 72.2 cm³/mol. The van der Waals surface area contributed by atoms with E-state index >= 15 is 0 Å². The normalized spacial score (nSPS) is 10.0. The molecule has 1 aromatic rings. The topological polar surface area (TPSA) is 84.2 Å². The lowest BCUT2D eigenvalue weighted by Gasteiger charge is -2.10. The Hall–Kier alpha value is -1.01. The minimum atomic E-state index is -0.470. The molecule has 8 heteroatoms. The molecule has 0 fully saturated rings. The number of carbonyl (C=O) groups is 2. The molecule has 2 amide bonds. The molecule has 1 aromatic carbocycles. The highest BCUT2D eigenvalue weighted by molar-refractivity contribution is 6.42. The van der Waals surface area contributed by atoms with Crippen molar-refractivity contribution in [1.82, 2.24) is 5.32 Å². The predicted octanol–water partition coefficient (Wildman–Crippen LogP) is 1.66. The van der Waals surface area contributed by atoms with E-state index in [4.69, 9.17) is 40.5 Å². The van der Waals surface area contributed by atoms with Crippen LogP contribution in [-0.4, -0.2) is 24.9 Å². The van der Waals surface area contributed by atoms with Crippen LogP contribution in [0, 0.1) is 0 Å². The third-order valence-corrected chi connectivity index (χ3v) is 2.72. The first kappa shape index (κ1) is 15.0. The molecule has 98 valence electrons. The van der Waals surface area contributed by atoms with Gasteiger partial charge in [-0.3, -0.25) is 9.59 Å². The van der Waals surface area contributed by atoms with Crippen LogP contribution in [0.1, 0.15) is 0 Å². The van der Waals surface area contributed by atoms with E-state index in [1.165, 1.54) is 12.1 Å². The maximum Gasteiger partial charge on any atom is 0.243 e. The molecule has 0 radical (unpaired) electrons. The third kappa shape index (κ3) is 4.34. The van der Waals surface area contributed by atoms with Gasteiger partial charge in [0, 0.05) is 5.02 Å². The molecule has 0 spiro atoms. The Balaban J connectivity index is 2.68. The van der Waals surface area contributed by atoms with Gasteiger partial charge in [-0.05, 0) is 12.1 Å². The Kier molecular flexibility index (Phi) is 5.68. The van der Waals surface area contributed by atoms with Gasteiger partial charge < -0.3 is 16.4 Å². The van der Waals surface area contributed by atoms with Gasteiger partial charge in [0.05, 0.1) is 28.8 Å². The van der Waals surface area contributed by atoms with E-state index in [0.717, 1.165) is 0 Å². The van der Waals surface area contributed by atoms with Crippen molar-refractivity contribution in [2.75, 3.05) is 18.4 Å². The molecular weight excluding hydrogens is 300 g/mol. The van der Waals surface area contributed by atoms with Crippen LogP contribution in [0.5, 0.6) is 0 Å². The Morgan fingerprint density at radius 3 is 2.17 bits per heavy atom. The molecule has 0 unspecified atom stereocenters. The summed E-state index contributed by atoms with van der Waals surface area (Å²) in [6, 6.07) is 2.89. The van der Waals surface area contributed by atoms with E-state index in [2.05, 4.69) is 10.6 Å². The van der Waals surface area contributed by atoms with Gasteiger partial charge >= 0.3 is 0 Å². The monoisotopic (exact) mass is 309 g/mol. The van der Waals surface area contributed by atoms with E-state index in [9.17, 15) is 9.59 Å². The van der Waals surface area contributed by atoms with Crippen LogP contribution in [0.4, 0.5) is 5.69 Å². The molecule has 0 atom stereocenters. The second-order valence-electron chi connectivity index (χ2n) is 3.27. The van der Waals surface area contributed by atoms with Crippen LogP contribution < -0.4 is 16.4 Å². The molecule has 0 bridgehead atoms. The smallest absolute Gasteiger partial charge is 0.243 e. The first-order valence-electron chi connectivity index (χ1n) is 4.85. The lowest BCUT2D eigenvalue weighted by atomic mass is 10.3. The summed E-state index contributed by atoms with van der Waals surface area (Å²) in [5, 5.41) is 5.57. The molecule has 18 heavy (non-hydrogen) atoms. The zero-order valence-corrected chi connectivity index (χ0v) is 11.4. The van der Waals surface area contributed by atoms with Crippen LogP contribution in [0.2, 0.25) is 15.1 Å². The molecule has 0 aromatic heterocycles. The summed E-state index contributed by atoms with van der Waals surface area (Å²) in [5.41, 5.74) is 5.32. The van der Waals surface area contributed by atoms with Crippen molar-refractivity contribution in [1.29, 1.82) is 0 Å². The maximum atomic E-state index is 11.5. The van der Waals surface area contributed by atoms with Crippen molar-refractivity contribution < 1.29 is 9.59 Å². The number of benzene rings is 1. The minimum Gasteiger partial charge on any atom is -0.346 e. The van der Waals surface area contributed by atoms with Gasteiger partial charge in [0.2, 0.25) is 11.8 Å². The highest BCUT2D eigenvalue weighted by Gasteiger charge is 2.11. The largest absolute Gasteiger partial charge is 0.346 e. The number of nitrogens with one attached hydrogen (secondary N) is 2. The highest BCUT2D eigenvalue weighted by atomic mass is 35.5. The van der Waals surface area contributed by atoms with Crippen LogP contribution in [-0.2, 0) is 9.59 Å². The fourth-order valence-corrected chi connectivity index (χ4v) is 2.01. The summed E-state index contributed by atoms with van der Waals surface area (Å²) in [6.07, 6.45) is 0. The molecule has 0 saturated heterocycles. The molecule has 0 heterocycles. The van der Waals surface area contributed by atoms with Crippen LogP contribution >= 0.6 is 34.8 Å². The molecule has 0 aliphatic rings. The Bertz CT molecular complexity index is 456. The number of rotatable bonds is 4. The van der Waals surface area contributed by atoms with Crippen LogP contribution in [0.15, 0.2) is 12.1 Å². The van der Waals surface area contributed by atoms with E-state index in [0.29, 0.717) is 5.02 Å². The molecule has 0 aliphatic heterocycles. The van der Waals surface area contributed by atoms with Crippen molar-refractivity contribution in [2.45, 2.75) is 0 Å². The lowest BCUT2D eigenvalue weighted by Crippen LogP contribution is -2.36. The summed E-state index contributed by atoms with van der Waals surface area (Å²) in [4.78, 5) is 22.4. The first-order valence-corrected chi connectivity index (χ1v) is 5.98. The second-order valence-corrected chi connectivity index (χ2v) is 4.52. The van der Waals surface area contributed by atoms with Gasteiger partial charge in [-0.15, -0.1) is 0 Å². The van der Waals surface area contributed by atoms with Crippen molar-refractivity contribution in [3.8, 4) is 0 Å². The molecule has 1 rings (SSSR count). The SMILES string of the molecule is NCC(=O)NCC(=O)Nc1c(Cl)cc(Cl)cc1Cl. The van der Waals surface area contributed by atoms with Crippen molar-refractivity contribution in [2.24, 2.45) is 5.73 Å². The standard InChI is InChI=1S/C10H10Cl3N3O2/c11-5-1-6(12)10(7(13)2-5)16-9(18)4-15-8(17)3-14/h1-2H,3-4,14H2,(H,15,17)(H,16,18). The van der Waals surface area contributed by atoms with Crippen molar-refractivity contribution in [3.63, 3.8) is 0 Å². The number of amides is 2. The van der Waals surface area contributed by atoms with E-state index < -0.39 is 11.8 Å². The number of nitrogens with two attached hydrogens (primary N) is 1. The lowest BCUT2D eigenvalue weighted by molar-refractivity contribution is -0.123. The van der Waals surface area contributed by atoms with Gasteiger partial charge in [0.25, 0.3) is 0 Å². The number of carbonyl (C=O) groups excluding carboxylic acids is 2. The van der Waals surface area contributed by atoms with Gasteiger partial charge in [0.1, 0.15) is 0 Å². The summed E-state index contributed by atoms with van der Waals surface area (Å²) in [5.74, 6) is -0.902. The minimum absolute atomic E-state index is 0.185. The summed E-state index contributed by atoms with van der Waals surface area (Å²) in [7, 11) is 0. The highest BCUT2D eigenvalue weighted by Crippen LogP contribution is 2.33. The number of hydrogen-bond donors (Lipinski definition) is 3.